The minimum absolute atomic E-state index is 0.127. The Morgan fingerprint density at radius 2 is 1.81 bits per heavy atom. The van der Waals surface area contributed by atoms with E-state index in [1.54, 1.807) is 30.1 Å². The maximum absolute atomic E-state index is 13.0. The molecule has 4 nitrogen and oxygen atoms in total. The Balaban J connectivity index is 2.31. The van der Waals surface area contributed by atoms with Gasteiger partial charge in [0.15, 0.2) is 0 Å². The second kappa shape index (κ2) is 9.60. The molecule has 1 N–H and O–H groups in total. The normalized spacial score (nSPS) is 11.7. The van der Waals surface area contributed by atoms with E-state index < -0.39 is 6.04 Å². The fraction of sp³-hybridized carbons (Fsp3) is 0.300. The summed E-state index contributed by atoms with van der Waals surface area (Å²) in [6, 6.07) is 14.0. The number of halogens is 2. The molecular formula is C20H22Cl2N2O2. The van der Waals surface area contributed by atoms with Crippen LogP contribution in [0.5, 0.6) is 0 Å². The van der Waals surface area contributed by atoms with Crippen molar-refractivity contribution in [2.24, 2.45) is 0 Å². The van der Waals surface area contributed by atoms with Crippen LogP contribution in [0.4, 0.5) is 0 Å². The molecular weight excluding hydrogens is 371 g/mol. The Morgan fingerprint density at radius 3 is 2.38 bits per heavy atom. The van der Waals surface area contributed by atoms with Gasteiger partial charge in [0, 0.05) is 23.6 Å². The molecule has 0 heterocycles. The maximum Gasteiger partial charge on any atom is 0.242 e. The number of amides is 2. The van der Waals surface area contributed by atoms with Crippen molar-refractivity contribution in [1.29, 1.82) is 0 Å². The van der Waals surface area contributed by atoms with Crippen LogP contribution in [-0.2, 0) is 22.6 Å². The van der Waals surface area contributed by atoms with Gasteiger partial charge in [0.05, 0.1) is 6.42 Å². The quantitative estimate of drug-likeness (QED) is 0.771. The minimum Gasteiger partial charge on any atom is -0.357 e. The number of hydrogen-bond acceptors (Lipinski definition) is 2. The highest BCUT2D eigenvalue weighted by atomic mass is 35.5. The second-order valence-corrected chi connectivity index (χ2v) is 6.80. The predicted molar refractivity (Wildman–Crippen MR) is 105 cm³/mol. The third-order valence-corrected chi connectivity index (χ3v) is 4.77. The van der Waals surface area contributed by atoms with Gasteiger partial charge < -0.3 is 10.2 Å². The van der Waals surface area contributed by atoms with Gasteiger partial charge in [-0.1, -0.05) is 66.5 Å². The van der Waals surface area contributed by atoms with Crippen LogP contribution in [0.1, 0.15) is 24.5 Å². The van der Waals surface area contributed by atoms with Crippen molar-refractivity contribution in [2.45, 2.75) is 32.4 Å². The second-order valence-electron chi connectivity index (χ2n) is 5.96. The van der Waals surface area contributed by atoms with Gasteiger partial charge in [-0.25, -0.2) is 0 Å². The van der Waals surface area contributed by atoms with E-state index in [0.717, 1.165) is 11.1 Å². The fourth-order valence-corrected chi connectivity index (χ4v) is 3.26. The van der Waals surface area contributed by atoms with Gasteiger partial charge in [0.2, 0.25) is 11.8 Å². The average molecular weight is 393 g/mol. The number of carbonyl (C=O) groups is 2. The molecule has 0 aliphatic carbocycles. The summed E-state index contributed by atoms with van der Waals surface area (Å²) in [7, 11) is 1.57. The highest BCUT2D eigenvalue weighted by Crippen LogP contribution is 2.24. The summed E-state index contributed by atoms with van der Waals surface area (Å²) in [5.41, 5.74) is 1.65. The highest BCUT2D eigenvalue weighted by Gasteiger charge is 2.28. The van der Waals surface area contributed by atoms with Crippen molar-refractivity contribution in [1.82, 2.24) is 10.2 Å². The molecule has 0 fully saturated rings. The molecule has 1 atom stereocenters. The minimum atomic E-state index is -0.567. The van der Waals surface area contributed by atoms with Gasteiger partial charge in [0.25, 0.3) is 0 Å². The maximum atomic E-state index is 13.0. The smallest absolute Gasteiger partial charge is 0.242 e. The third-order valence-electron chi connectivity index (χ3n) is 4.19. The molecule has 2 aromatic rings. The molecule has 0 spiro atoms. The Labute approximate surface area is 164 Å². The lowest BCUT2D eigenvalue weighted by molar-refractivity contribution is -0.140. The lowest BCUT2D eigenvalue weighted by Gasteiger charge is -2.30. The fourth-order valence-electron chi connectivity index (χ4n) is 2.79. The molecule has 0 aromatic heterocycles. The van der Waals surface area contributed by atoms with E-state index in [2.05, 4.69) is 5.32 Å². The van der Waals surface area contributed by atoms with Gasteiger partial charge in [-0.05, 0) is 29.7 Å². The first-order chi connectivity index (χ1) is 12.5. The molecule has 138 valence electrons. The number of nitrogens with one attached hydrogen (secondary N) is 1. The molecule has 0 radical (unpaired) electrons. The average Bonchev–Trinajstić information content (AvgIpc) is 2.63. The van der Waals surface area contributed by atoms with Gasteiger partial charge >= 0.3 is 0 Å². The van der Waals surface area contributed by atoms with E-state index in [1.165, 1.54) is 0 Å². The molecule has 0 saturated heterocycles. The summed E-state index contributed by atoms with van der Waals surface area (Å²) >= 11 is 12.2. The Kier molecular flexibility index (Phi) is 7.49. The summed E-state index contributed by atoms with van der Waals surface area (Å²) in [6.07, 6.45) is 0.727. The van der Waals surface area contributed by atoms with Crippen LogP contribution in [0.2, 0.25) is 10.0 Å². The molecule has 2 amide bonds. The lowest BCUT2D eigenvalue weighted by atomic mass is 10.1. The Bertz CT molecular complexity index is 766. The molecule has 2 rings (SSSR count). The molecule has 26 heavy (non-hydrogen) atoms. The monoisotopic (exact) mass is 392 g/mol. The van der Waals surface area contributed by atoms with E-state index in [0.29, 0.717) is 16.5 Å². The largest absolute Gasteiger partial charge is 0.357 e. The first-order valence-corrected chi connectivity index (χ1v) is 9.20. The van der Waals surface area contributed by atoms with Gasteiger partial charge in [-0.15, -0.1) is 0 Å². The first-order valence-electron chi connectivity index (χ1n) is 8.45. The predicted octanol–water partition coefficient (Wildman–Crippen LogP) is 4.09. The molecule has 2 aromatic carbocycles. The molecule has 0 bridgehead atoms. The molecule has 0 aliphatic heterocycles. The van der Waals surface area contributed by atoms with Crippen LogP contribution in [0, 0.1) is 0 Å². The third kappa shape index (κ3) is 5.23. The van der Waals surface area contributed by atoms with Crippen LogP contribution in [0.25, 0.3) is 0 Å². The van der Waals surface area contributed by atoms with E-state index in [-0.39, 0.29) is 24.8 Å². The summed E-state index contributed by atoms with van der Waals surface area (Å²) in [6.45, 7) is 2.12. The Morgan fingerprint density at radius 1 is 1.12 bits per heavy atom. The number of nitrogens with zero attached hydrogens (tertiary/aromatic N) is 1. The first kappa shape index (κ1) is 20.3. The summed E-state index contributed by atoms with van der Waals surface area (Å²) in [4.78, 5) is 26.9. The van der Waals surface area contributed by atoms with Crippen molar-refractivity contribution in [3.8, 4) is 0 Å². The zero-order valence-corrected chi connectivity index (χ0v) is 16.3. The molecule has 0 saturated carbocycles. The number of likely N-dealkylation sites (N-methyl/N-ethyl adjacent to an activating group) is 1. The SMILES string of the molecule is CC[C@@H](C(=O)NC)N(Cc1ccc(Cl)cc1Cl)C(=O)Cc1ccccc1. The summed E-state index contributed by atoms with van der Waals surface area (Å²) in [5, 5.41) is 3.64. The van der Waals surface area contributed by atoms with Gasteiger partial charge in [-0.2, -0.15) is 0 Å². The van der Waals surface area contributed by atoms with Crippen LogP contribution in [0.3, 0.4) is 0 Å². The summed E-state index contributed by atoms with van der Waals surface area (Å²) in [5.74, 6) is -0.323. The van der Waals surface area contributed by atoms with Crippen LogP contribution in [0.15, 0.2) is 48.5 Å². The van der Waals surface area contributed by atoms with E-state index in [4.69, 9.17) is 23.2 Å². The standard InChI is InChI=1S/C20H22Cl2N2O2/c1-3-18(20(26)23-2)24(13-15-9-10-16(21)12-17(15)22)19(25)11-14-7-5-4-6-8-14/h4-10,12,18H,3,11,13H2,1-2H3,(H,23,26)/t18-/m0/s1. The molecule has 0 unspecified atom stereocenters. The zero-order chi connectivity index (χ0) is 19.1. The number of carbonyl (C=O) groups excluding carboxylic acids is 2. The van der Waals surface area contributed by atoms with Crippen LogP contribution >= 0.6 is 23.2 Å². The van der Waals surface area contributed by atoms with Gasteiger partial charge in [-0.3, -0.25) is 9.59 Å². The number of hydrogen-bond donors (Lipinski definition) is 1. The number of benzene rings is 2. The lowest BCUT2D eigenvalue weighted by Crippen LogP contribution is -2.48. The summed E-state index contributed by atoms with van der Waals surface area (Å²) < 4.78 is 0. The number of rotatable bonds is 7. The van der Waals surface area contributed by atoms with Gasteiger partial charge in [0.1, 0.15) is 6.04 Å². The molecule has 0 aliphatic rings. The van der Waals surface area contributed by atoms with E-state index in [1.807, 2.05) is 37.3 Å². The van der Waals surface area contributed by atoms with E-state index >= 15 is 0 Å². The molecule has 6 heteroatoms. The van der Waals surface area contributed by atoms with Crippen molar-refractivity contribution < 1.29 is 9.59 Å². The van der Waals surface area contributed by atoms with Crippen molar-refractivity contribution >= 4 is 35.0 Å². The Hall–Kier alpha value is -2.04. The van der Waals surface area contributed by atoms with Crippen molar-refractivity contribution in [2.75, 3.05) is 7.05 Å². The van der Waals surface area contributed by atoms with E-state index in [9.17, 15) is 9.59 Å². The van der Waals surface area contributed by atoms with Crippen molar-refractivity contribution in [3.63, 3.8) is 0 Å². The van der Waals surface area contributed by atoms with Crippen LogP contribution in [-0.4, -0.2) is 29.8 Å². The van der Waals surface area contributed by atoms with Crippen LogP contribution < -0.4 is 5.32 Å². The highest BCUT2D eigenvalue weighted by molar-refractivity contribution is 6.35. The van der Waals surface area contributed by atoms with Crippen molar-refractivity contribution in [3.05, 3.63) is 69.7 Å². The topological polar surface area (TPSA) is 49.4 Å². The zero-order valence-electron chi connectivity index (χ0n) is 14.8.